The number of anilines is 1. The highest BCUT2D eigenvalue weighted by atomic mass is 35.5. The second kappa shape index (κ2) is 8.28. The van der Waals surface area contributed by atoms with E-state index in [2.05, 4.69) is 24.5 Å². The van der Waals surface area contributed by atoms with Gasteiger partial charge in [0.1, 0.15) is 5.00 Å². The van der Waals surface area contributed by atoms with Gasteiger partial charge in [-0.3, -0.25) is 9.59 Å². The third kappa shape index (κ3) is 4.80. The molecule has 1 atom stereocenters. The van der Waals surface area contributed by atoms with Crippen molar-refractivity contribution in [1.82, 2.24) is 5.32 Å². The Bertz CT molecular complexity index is 713. The van der Waals surface area contributed by atoms with Crippen LogP contribution in [0.25, 0.3) is 0 Å². The smallest absolute Gasteiger partial charge is 0.251 e. The average Bonchev–Trinajstić information content (AvgIpc) is 2.97. The minimum atomic E-state index is -0.555. The van der Waals surface area contributed by atoms with Gasteiger partial charge in [-0.25, -0.2) is 0 Å². The van der Waals surface area contributed by atoms with Crippen LogP contribution in [0.2, 0.25) is 5.02 Å². The topological polar surface area (TPSA) is 84.2 Å². The summed E-state index contributed by atoms with van der Waals surface area (Å²) in [6, 6.07) is 9.18. The number of halogens is 1. The van der Waals surface area contributed by atoms with Gasteiger partial charge in [-0.1, -0.05) is 37.6 Å². The molecule has 5 nitrogen and oxygen atoms in total. The summed E-state index contributed by atoms with van der Waals surface area (Å²) >= 11 is 7.19. The Labute approximate surface area is 150 Å². The quantitative estimate of drug-likeness (QED) is 0.702. The molecule has 0 aliphatic heterocycles. The van der Waals surface area contributed by atoms with Crippen molar-refractivity contribution in [3.8, 4) is 0 Å². The van der Waals surface area contributed by atoms with Crippen LogP contribution in [0.1, 0.15) is 35.8 Å². The molecule has 0 saturated heterocycles. The molecule has 0 unspecified atom stereocenters. The van der Waals surface area contributed by atoms with Gasteiger partial charge in [0.25, 0.3) is 5.91 Å². The summed E-state index contributed by atoms with van der Waals surface area (Å²) in [7, 11) is 0. The molecule has 1 heterocycles. The average molecular weight is 366 g/mol. The number of nitrogens with one attached hydrogen (secondary N) is 2. The van der Waals surface area contributed by atoms with E-state index in [1.165, 1.54) is 11.3 Å². The van der Waals surface area contributed by atoms with Crippen LogP contribution in [0, 0.1) is 5.92 Å². The molecule has 24 heavy (non-hydrogen) atoms. The molecule has 0 aliphatic carbocycles. The fourth-order valence-electron chi connectivity index (χ4n) is 2.38. The zero-order chi connectivity index (χ0) is 17.7. The van der Waals surface area contributed by atoms with Gasteiger partial charge in [0.2, 0.25) is 5.91 Å². The first-order chi connectivity index (χ1) is 11.4. The highest BCUT2D eigenvalue weighted by Gasteiger charge is 2.18. The van der Waals surface area contributed by atoms with Gasteiger partial charge in [-0.05, 0) is 35.1 Å². The molecule has 0 bridgehead atoms. The van der Waals surface area contributed by atoms with Gasteiger partial charge in [0.15, 0.2) is 0 Å². The van der Waals surface area contributed by atoms with Crippen LogP contribution in [0.15, 0.2) is 35.7 Å². The van der Waals surface area contributed by atoms with Gasteiger partial charge in [-0.15, -0.1) is 11.3 Å². The third-order valence-electron chi connectivity index (χ3n) is 3.56. The number of nitrogens with two attached hydrogens (primary N) is 1. The predicted octanol–water partition coefficient (Wildman–Crippen LogP) is 3.43. The lowest BCUT2D eigenvalue weighted by Crippen LogP contribution is -2.33. The number of rotatable bonds is 7. The molecule has 0 radical (unpaired) electrons. The van der Waals surface area contributed by atoms with E-state index in [0.717, 1.165) is 5.56 Å². The van der Waals surface area contributed by atoms with Gasteiger partial charge in [0.05, 0.1) is 12.1 Å². The second-order valence-corrected chi connectivity index (χ2v) is 7.08. The van der Waals surface area contributed by atoms with Crippen LogP contribution in [0.5, 0.6) is 0 Å². The number of thiophene rings is 1. The maximum absolute atomic E-state index is 12.2. The first-order valence-corrected chi connectivity index (χ1v) is 8.80. The maximum Gasteiger partial charge on any atom is 0.251 e. The minimum Gasteiger partial charge on any atom is -0.366 e. The van der Waals surface area contributed by atoms with Crippen molar-refractivity contribution in [3.05, 3.63) is 51.9 Å². The fraction of sp³-hybridized carbons (Fsp3) is 0.294. The molecule has 128 valence electrons. The zero-order valence-corrected chi connectivity index (χ0v) is 15.1. The largest absolute Gasteiger partial charge is 0.366 e. The number of benzene rings is 1. The molecule has 1 aromatic carbocycles. The molecule has 2 rings (SSSR count). The Morgan fingerprint density at radius 1 is 1.21 bits per heavy atom. The van der Waals surface area contributed by atoms with E-state index in [1.807, 2.05) is 24.3 Å². The van der Waals surface area contributed by atoms with Crippen LogP contribution in [-0.2, 0) is 4.79 Å². The molecule has 7 heteroatoms. The van der Waals surface area contributed by atoms with Crippen molar-refractivity contribution >= 4 is 39.8 Å². The minimum absolute atomic E-state index is 0.0203. The van der Waals surface area contributed by atoms with Gasteiger partial charge < -0.3 is 16.4 Å². The monoisotopic (exact) mass is 365 g/mol. The molecular weight excluding hydrogens is 346 g/mol. The molecule has 0 saturated carbocycles. The maximum atomic E-state index is 12.2. The SMILES string of the molecule is CC(C)[C@@H](NCC(=O)Nc1sccc1C(N)=O)c1ccc(Cl)cc1. The molecule has 4 N–H and O–H groups in total. The van der Waals surface area contributed by atoms with Crippen LogP contribution < -0.4 is 16.4 Å². The predicted molar refractivity (Wildman–Crippen MR) is 98.5 cm³/mol. The number of primary amides is 1. The summed E-state index contributed by atoms with van der Waals surface area (Å²) in [5.74, 6) is -0.484. The van der Waals surface area contributed by atoms with Crippen LogP contribution in [-0.4, -0.2) is 18.4 Å². The van der Waals surface area contributed by atoms with Crippen LogP contribution in [0.4, 0.5) is 5.00 Å². The Hall–Kier alpha value is -1.89. The summed E-state index contributed by atoms with van der Waals surface area (Å²) in [5, 5.41) is 8.84. The van der Waals surface area contributed by atoms with Crippen molar-refractivity contribution in [1.29, 1.82) is 0 Å². The third-order valence-corrected chi connectivity index (χ3v) is 4.64. The normalized spacial score (nSPS) is 12.2. The van der Waals surface area contributed by atoms with Crippen LogP contribution in [0.3, 0.4) is 0 Å². The van der Waals surface area contributed by atoms with Gasteiger partial charge in [0, 0.05) is 11.1 Å². The first kappa shape index (κ1) is 18.4. The van der Waals surface area contributed by atoms with E-state index in [4.69, 9.17) is 17.3 Å². The number of amides is 2. The van der Waals surface area contributed by atoms with Crippen molar-refractivity contribution in [3.63, 3.8) is 0 Å². The van der Waals surface area contributed by atoms with E-state index >= 15 is 0 Å². The lowest BCUT2D eigenvalue weighted by Gasteiger charge is -2.23. The van der Waals surface area contributed by atoms with E-state index < -0.39 is 5.91 Å². The number of hydrogen-bond donors (Lipinski definition) is 3. The summed E-state index contributed by atoms with van der Waals surface area (Å²) in [5.41, 5.74) is 6.67. The number of hydrogen-bond acceptors (Lipinski definition) is 4. The highest BCUT2D eigenvalue weighted by molar-refractivity contribution is 7.14. The van der Waals surface area contributed by atoms with Crippen LogP contribution >= 0.6 is 22.9 Å². The molecule has 2 amide bonds. The van der Waals surface area contributed by atoms with Gasteiger partial charge >= 0.3 is 0 Å². The molecule has 0 fully saturated rings. The molecule has 2 aromatic rings. The highest BCUT2D eigenvalue weighted by Crippen LogP contribution is 2.24. The Balaban J connectivity index is 1.99. The second-order valence-electron chi connectivity index (χ2n) is 5.73. The van der Waals surface area contributed by atoms with Crippen molar-refractivity contribution in [2.75, 3.05) is 11.9 Å². The number of carbonyl (C=O) groups excluding carboxylic acids is 2. The molecule has 0 aliphatic rings. The van der Waals surface area contributed by atoms with E-state index in [-0.39, 0.29) is 18.5 Å². The van der Waals surface area contributed by atoms with E-state index in [0.29, 0.717) is 21.5 Å². The van der Waals surface area contributed by atoms with E-state index in [9.17, 15) is 9.59 Å². The molecule has 1 aromatic heterocycles. The zero-order valence-electron chi connectivity index (χ0n) is 13.5. The number of carbonyl (C=O) groups is 2. The van der Waals surface area contributed by atoms with E-state index in [1.54, 1.807) is 11.4 Å². The molecular formula is C17H20ClN3O2S. The fourth-order valence-corrected chi connectivity index (χ4v) is 3.32. The summed E-state index contributed by atoms with van der Waals surface area (Å²) < 4.78 is 0. The Morgan fingerprint density at radius 2 is 1.88 bits per heavy atom. The lowest BCUT2D eigenvalue weighted by molar-refractivity contribution is -0.115. The van der Waals surface area contributed by atoms with Crippen molar-refractivity contribution < 1.29 is 9.59 Å². The summed E-state index contributed by atoms with van der Waals surface area (Å²) in [4.78, 5) is 23.4. The Kier molecular flexibility index (Phi) is 6.36. The summed E-state index contributed by atoms with van der Waals surface area (Å²) in [6.07, 6.45) is 0. The Morgan fingerprint density at radius 3 is 2.46 bits per heavy atom. The lowest BCUT2D eigenvalue weighted by atomic mass is 9.96. The standard InChI is InChI=1S/C17H20ClN3O2S/c1-10(2)15(11-3-5-12(18)6-4-11)20-9-14(22)21-17-13(16(19)23)7-8-24-17/h3-8,10,15,20H,9H2,1-2H3,(H2,19,23)(H,21,22)/t15-/m1/s1. The molecule has 0 spiro atoms. The van der Waals surface area contributed by atoms with Gasteiger partial charge in [-0.2, -0.15) is 0 Å². The summed E-state index contributed by atoms with van der Waals surface area (Å²) in [6.45, 7) is 4.28. The van der Waals surface area contributed by atoms with Crippen molar-refractivity contribution in [2.24, 2.45) is 11.7 Å². The first-order valence-electron chi connectivity index (χ1n) is 7.54. The van der Waals surface area contributed by atoms with Crippen molar-refractivity contribution in [2.45, 2.75) is 19.9 Å².